The lowest BCUT2D eigenvalue weighted by Gasteiger charge is -2.21. The summed E-state index contributed by atoms with van der Waals surface area (Å²) in [5.41, 5.74) is 3.73. The second-order valence-corrected chi connectivity index (χ2v) is 4.72. The lowest BCUT2D eigenvalue weighted by atomic mass is 9.94. The molecule has 0 bridgehead atoms. The monoisotopic (exact) mass is 220 g/mol. The zero-order valence-corrected chi connectivity index (χ0v) is 9.13. The summed E-state index contributed by atoms with van der Waals surface area (Å²) in [6.45, 7) is 2.18. The Labute approximate surface area is 91.7 Å². The summed E-state index contributed by atoms with van der Waals surface area (Å²) in [7, 11) is 0. The Hall–Kier alpha value is -1.07. The Bertz CT molecular complexity index is 461. The molecule has 1 fully saturated rings. The average molecular weight is 220 g/mol. The number of rotatable bonds is 1. The summed E-state index contributed by atoms with van der Waals surface area (Å²) < 4.78 is 1.15. The third-order valence-electron chi connectivity index (χ3n) is 2.87. The lowest BCUT2D eigenvalue weighted by Crippen LogP contribution is -2.27. The van der Waals surface area contributed by atoms with Gasteiger partial charge in [0, 0.05) is 5.92 Å². The molecule has 3 heterocycles. The van der Waals surface area contributed by atoms with Gasteiger partial charge in [-0.05, 0) is 32.0 Å². The van der Waals surface area contributed by atoms with Crippen LogP contribution in [0, 0.1) is 0 Å². The number of hydrogen-bond acceptors (Lipinski definition) is 5. The Morgan fingerprint density at radius 2 is 2.13 bits per heavy atom. The van der Waals surface area contributed by atoms with Crippen molar-refractivity contribution in [3.63, 3.8) is 0 Å². The van der Waals surface area contributed by atoms with Crippen molar-refractivity contribution in [2.75, 3.05) is 13.1 Å². The molecular formula is C10H12N4S. The molecule has 2 aromatic rings. The van der Waals surface area contributed by atoms with Crippen LogP contribution in [0.3, 0.4) is 0 Å². The van der Waals surface area contributed by atoms with Crippen molar-refractivity contribution >= 4 is 21.7 Å². The topological polar surface area (TPSA) is 50.7 Å². The summed E-state index contributed by atoms with van der Waals surface area (Å²) in [6.07, 6.45) is 2.33. The van der Waals surface area contributed by atoms with Gasteiger partial charge in [0.1, 0.15) is 0 Å². The van der Waals surface area contributed by atoms with Crippen LogP contribution in [0.25, 0.3) is 10.3 Å². The maximum Gasteiger partial charge on any atom is 0.192 e. The molecule has 4 nitrogen and oxygen atoms in total. The normalized spacial score (nSPS) is 18.4. The summed E-state index contributed by atoms with van der Waals surface area (Å²) in [5.74, 6) is 0.574. The van der Waals surface area contributed by atoms with Gasteiger partial charge < -0.3 is 5.32 Å². The van der Waals surface area contributed by atoms with Crippen molar-refractivity contribution < 1.29 is 0 Å². The molecule has 78 valence electrons. The van der Waals surface area contributed by atoms with Crippen molar-refractivity contribution in [1.29, 1.82) is 0 Å². The average Bonchev–Trinajstić information content (AvgIpc) is 2.77. The van der Waals surface area contributed by atoms with Crippen LogP contribution in [0.15, 0.2) is 11.6 Å². The molecule has 1 aliphatic rings. The van der Waals surface area contributed by atoms with Crippen LogP contribution in [-0.4, -0.2) is 28.3 Å². The molecule has 0 atom stereocenters. The summed E-state index contributed by atoms with van der Waals surface area (Å²) in [5, 5.41) is 11.8. The maximum absolute atomic E-state index is 4.27. The fraction of sp³-hybridized carbons (Fsp3) is 0.500. The van der Waals surface area contributed by atoms with Gasteiger partial charge in [-0.3, -0.25) is 0 Å². The highest BCUT2D eigenvalue weighted by Gasteiger charge is 2.17. The van der Waals surface area contributed by atoms with Crippen LogP contribution in [0.4, 0.5) is 0 Å². The molecule has 0 spiro atoms. The number of thiazole rings is 1. The highest BCUT2D eigenvalue weighted by Crippen LogP contribution is 2.25. The van der Waals surface area contributed by atoms with Crippen LogP contribution >= 0.6 is 11.3 Å². The minimum atomic E-state index is 0.574. The highest BCUT2D eigenvalue weighted by atomic mass is 32.1. The van der Waals surface area contributed by atoms with E-state index in [1.807, 2.05) is 5.51 Å². The lowest BCUT2D eigenvalue weighted by molar-refractivity contribution is 0.451. The number of hydrogen-bond donors (Lipinski definition) is 1. The van der Waals surface area contributed by atoms with Gasteiger partial charge in [0.25, 0.3) is 0 Å². The van der Waals surface area contributed by atoms with Gasteiger partial charge in [-0.2, -0.15) is 5.10 Å². The van der Waals surface area contributed by atoms with Crippen LogP contribution in [0.1, 0.15) is 24.5 Å². The largest absolute Gasteiger partial charge is 0.317 e. The van der Waals surface area contributed by atoms with E-state index in [1.54, 1.807) is 11.3 Å². The fourth-order valence-corrected chi connectivity index (χ4v) is 2.66. The molecule has 1 N–H and O–H groups in total. The number of nitrogens with one attached hydrogen (secondary N) is 1. The molecule has 5 heteroatoms. The van der Waals surface area contributed by atoms with Gasteiger partial charge in [0.05, 0.1) is 15.9 Å². The molecule has 15 heavy (non-hydrogen) atoms. The zero-order chi connectivity index (χ0) is 10.1. The van der Waals surface area contributed by atoms with Gasteiger partial charge in [-0.1, -0.05) is 0 Å². The Morgan fingerprint density at radius 3 is 3.00 bits per heavy atom. The predicted molar refractivity (Wildman–Crippen MR) is 60.1 cm³/mol. The molecule has 0 aromatic carbocycles. The van der Waals surface area contributed by atoms with Crippen molar-refractivity contribution in [2.24, 2.45) is 0 Å². The van der Waals surface area contributed by atoms with Gasteiger partial charge in [-0.15, -0.1) is 16.4 Å². The first kappa shape index (κ1) is 9.18. The summed E-state index contributed by atoms with van der Waals surface area (Å²) in [4.78, 5) is 4.14. The SMILES string of the molecule is c1nc2nnc(C3CCNCC3)cc2s1. The molecule has 0 saturated carbocycles. The second-order valence-electron chi connectivity index (χ2n) is 3.83. The molecule has 0 unspecified atom stereocenters. The predicted octanol–water partition coefficient (Wildman–Crippen LogP) is 1.55. The van der Waals surface area contributed by atoms with Gasteiger partial charge in [-0.25, -0.2) is 4.98 Å². The first-order valence-corrected chi connectivity index (χ1v) is 6.09. The second kappa shape index (κ2) is 3.83. The third kappa shape index (κ3) is 1.72. The van der Waals surface area contributed by atoms with E-state index in [0.29, 0.717) is 5.92 Å². The molecule has 2 aromatic heterocycles. The molecule has 1 saturated heterocycles. The fourth-order valence-electron chi connectivity index (χ4n) is 2.01. The van der Waals surface area contributed by atoms with E-state index in [2.05, 4.69) is 26.6 Å². The number of aromatic nitrogens is 3. The van der Waals surface area contributed by atoms with E-state index in [-0.39, 0.29) is 0 Å². The molecule has 0 aliphatic carbocycles. The highest BCUT2D eigenvalue weighted by molar-refractivity contribution is 7.16. The van der Waals surface area contributed by atoms with Crippen LogP contribution in [0.2, 0.25) is 0 Å². The molecular weight excluding hydrogens is 208 g/mol. The van der Waals surface area contributed by atoms with Crippen molar-refractivity contribution in [1.82, 2.24) is 20.5 Å². The van der Waals surface area contributed by atoms with Gasteiger partial charge in [0.2, 0.25) is 0 Å². The van der Waals surface area contributed by atoms with Gasteiger partial charge >= 0.3 is 0 Å². The minimum absolute atomic E-state index is 0.574. The first-order chi connectivity index (χ1) is 7.43. The van der Waals surface area contributed by atoms with Crippen LogP contribution < -0.4 is 5.32 Å². The van der Waals surface area contributed by atoms with E-state index in [1.165, 1.54) is 12.8 Å². The van der Waals surface area contributed by atoms with E-state index < -0.39 is 0 Å². The maximum atomic E-state index is 4.27. The zero-order valence-electron chi connectivity index (χ0n) is 8.31. The summed E-state index contributed by atoms with van der Waals surface area (Å²) >= 11 is 1.64. The number of fused-ring (bicyclic) bond motifs is 1. The minimum Gasteiger partial charge on any atom is -0.317 e. The smallest absolute Gasteiger partial charge is 0.192 e. The van der Waals surface area contributed by atoms with E-state index >= 15 is 0 Å². The molecule has 0 radical (unpaired) electrons. The Morgan fingerprint density at radius 1 is 1.27 bits per heavy atom. The molecule has 1 aliphatic heterocycles. The quantitative estimate of drug-likeness (QED) is 0.792. The molecule has 0 amide bonds. The third-order valence-corrected chi connectivity index (χ3v) is 3.64. The van der Waals surface area contributed by atoms with Crippen molar-refractivity contribution in [3.8, 4) is 0 Å². The Kier molecular flexibility index (Phi) is 2.34. The number of piperidine rings is 1. The standard InChI is InChI=1S/C10H12N4S/c1-3-11-4-2-7(1)8-5-9-10(14-13-8)12-6-15-9/h5-7,11H,1-4H2. The van der Waals surface area contributed by atoms with Crippen molar-refractivity contribution in [2.45, 2.75) is 18.8 Å². The Balaban J connectivity index is 1.95. The number of nitrogens with zero attached hydrogens (tertiary/aromatic N) is 3. The van der Waals surface area contributed by atoms with Crippen LogP contribution in [0.5, 0.6) is 0 Å². The summed E-state index contributed by atoms with van der Waals surface area (Å²) in [6, 6.07) is 2.15. The van der Waals surface area contributed by atoms with Crippen LogP contribution in [-0.2, 0) is 0 Å². The van der Waals surface area contributed by atoms with Crippen molar-refractivity contribution in [3.05, 3.63) is 17.3 Å². The molecule has 3 rings (SSSR count). The van der Waals surface area contributed by atoms with E-state index in [9.17, 15) is 0 Å². The first-order valence-electron chi connectivity index (χ1n) is 5.21. The van der Waals surface area contributed by atoms with E-state index in [0.717, 1.165) is 29.1 Å². The van der Waals surface area contributed by atoms with Gasteiger partial charge in [0.15, 0.2) is 5.65 Å². The van der Waals surface area contributed by atoms with E-state index in [4.69, 9.17) is 0 Å².